The van der Waals surface area contributed by atoms with Crippen molar-refractivity contribution in [2.24, 2.45) is 0 Å². The molecule has 0 aliphatic carbocycles. The first-order chi connectivity index (χ1) is 10.8. The van der Waals surface area contributed by atoms with Gasteiger partial charge in [-0.2, -0.15) is 0 Å². The Morgan fingerprint density at radius 3 is 2.36 bits per heavy atom. The van der Waals surface area contributed by atoms with Crippen LogP contribution in [0.5, 0.6) is 11.5 Å². The van der Waals surface area contributed by atoms with Crippen LogP contribution >= 0.6 is 0 Å². The zero-order valence-electron chi connectivity index (χ0n) is 12.1. The number of nitrogens with one attached hydrogen (secondary N) is 1. The van der Waals surface area contributed by atoms with Gasteiger partial charge in [-0.15, -0.1) is 0 Å². The smallest absolute Gasteiger partial charge is 0.131 e. The average molecular weight is 289 g/mol. The summed E-state index contributed by atoms with van der Waals surface area (Å²) in [6.07, 6.45) is 1.99. The molecule has 22 heavy (non-hydrogen) atoms. The molecular weight excluding hydrogens is 274 g/mol. The number of hydrogen-bond acceptors (Lipinski definition) is 2. The van der Waals surface area contributed by atoms with E-state index in [1.54, 1.807) is 13.2 Å². The van der Waals surface area contributed by atoms with E-state index in [9.17, 15) is 5.11 Å². The number of aromatic nitrogens is 1. The summed E-state index contributed by atoms with van der Waals surface area (Å²) in [5.74, 6) is 0.900. The van der Waals surface area contributed by atoms with Gasteiger partial charge in [-0.1, -0.05) is 42.5 Å². The molecule has 0 bridgehead atoms. The number of phenolic OH excluding ortho intramolecular Hbond substituents is 1. The minimum Gasteiger partial charge on any atom is -0.507 e. The largest absolute Gasteiger partial charge is 0.507 e. The Morgan fingerprint density at radius 1 is 0.909 bits per heavy atom. The molecule has 0 aliphatic heterocycles. The molecule has 1 aromatic heterocycles. The van der Waals surface area contributed by atoms with E-state index in [4.69, 9.17) is 4.74 Å². The van der Waals surface area contributed by atoms with E-state index in [1.807, 2.05) is 48.7 Å². The topological polar surface area (TPSA) is 45.2 Å². The molecule has 0 aliphatic rings. The van der Waals surface area contributed by atoms with Gasteiger partial charge >= 0.3 is 0 Å². The Balaban J connectivity index is 2.16. The molecule has 0 atom stereocenters. The fraction of sp³-hybridized carbons (Fsp3) is 0.0526. The molecule has 4 aromatic rings. The Morgan fingerprint density at radius 2 is 1.59 bits per heavy atom. The van der Waals surface area contributed by atoms with Crippen LogP contribution in [0.25, 0.3) is 32.8 Å². The van der Waals surface area contributed by atoms with Gasteiger partial charge in [0.15, 0.2) is 0 Å². The molecule has 0 spiro atoms. The van der Waals surface area contributed by atoms with E-state index < -0.39 is 0 Å². The van der Waals surface area contributed by atoms with E-state index in [0.29, 0.717) is 5.75 Å². The van der Waals surface area contributed by atoms with Crippen LogP contribution < -0.4 is 4.74 Å². The van der Waals surface area contributed by atoms with Gasteiger partial charge in [-0.25, -0.2) is 0 Å². The fourth-order valence-corrected chi connectivity index (χ4v) is 3.05. The van der Waals surface area contributed by atoms with Crippen LogP contribution in [0.15, 0.2) is 60.8 Å². The maximum Gasteiger partial charge on any atom is 0.131 e. The first-order valence-corrected chi connectivity index (χ1v) is 7.15. The van der Waals surface area contributed by atoms with Crippen molar-refractivity contribution in [3.05, 3.63) is 60.8 Å². The third-order valence-electron chi connectivity index (χ3n) is 4.07. The van der Waals surface area contributed by atoms with Crippen molar-refractivity contribution < 1.29 is 9.84 Å². The first kappa shape index (κ1) is 12.8. The zero-order chi connectivity index (χ0) is 15.1. The minimum atomic E-state index is 0.232. The van der Waals surface area contributed by atoms with Gasteiger partial charge in [0.05, 0.1) is 7.11 Å². The SMILES string of the molecule is COc1cc(O)c2ccccc2c1-c1c[nH]c2ccccc12. The normalized spacial score (nSPS) is 11.1. The molecule has 0 amide bonds. The molecule has 0 unspecified atom stereocenters. The van der Waals surface area contributed by atoms with Crippen molar-refractivity contribution >= 4 is 21.7 Å². The van der Waals surface area contributed by atoms with Crippen molar-refractivity contribution in [2.45, 2.75) is 0 Å². The standard InChI is InChI=1S/C19H15NO2/c1-22-18-10-17(21)13-7-2-3-8-14(13)19(18)15-11-20-16-9-5-4-6-12(15)16/h2-11,20-21H,1H3. The Labute approximate surface area is 127 Å². The molecule has 0 radical (unpaired) electrons. The lowest BCUT2D eigenvalue weighted by atomic mass is 9.96. The van der Waals surface area contributed by atoms with Crippen LogP contribution in [0.2, 0.25) is 0 Å². The zero-order valence-corrected chi connectivity index (χ0v) is 12.1. The first-order valence-electron chi connectivity index (χ1n) is 7.15. The maximum absolute atomic E-state index is 10.2. The average Bonchev–Trinajstić information content (AvgIpc) is 2.98. The van der Waals surface area contributed by atoms with Gasteiger partial charge in [0.1, 0.15) is 11.5 Å². The summed E-state index contributed by atoms with van der Waals surface area (Å²) in [6, 6.07) is 17.7. The summed E-state index contributed by atoms with van der Waals surface area (Å²) >= 11 is 0. The molecule has 0 saturated heterocycles. The second kappa shape index (κ2) is 4.81. The molecule has 3 aromatic carbocycles. The molecule has 108 valence electrons. The van der Waals surface area contributed by atoms with Crippen LogP contribution in [0.4, 0.5) is 0 Å². The van der Waals surface area contributed by atoms with Crippen LogP contribution in [-0.2, 0) is 0 Å². The molecule has 3 nitrogen and oxygen atoms in total. The van der Waals surface area contributed by atoms with E-state index >= 15 is 0 Å². The highest BCUT2D eigenvalue weighted by atomic mass is 16.5. The highest BCUT2D eigenvalue weighted by molar-refractivity contribution is 6.09. The number of aromatic hydroxyl groups is 1. The van der Waals surface area contributed by atoms with E-state index in [1.165, 1.54) is 0 Å². The van der Waals surface area contributed by atoms with Crippen LogP contribution in [0.3, 0.4) is 0 Å². The second-order valence-corrected chi connectivity index (χ2v) is 5.27. The number of fused-ring (bicyclic) bond motifs is 2. The van der Waals surface area contributed by atoms with Crippen molar-refractivity contribution in [3.8, 4) is 22.6 Å². The minimum absolute atomic E-state index is 0.232. The maximum atomic E-state index is 10.2. The number of para-hydroxylation sites is 1. The number of ether oxygens (including phenoxy) is 1. The van der Waals surface area contributed by atoms with Crippen LogP contribution in [0.1, 0.15) is 0 Å². The van der Waals surface area contributed by atoms with E-state index in [0.717, 1.165) is 32.8 Å². The lowest BCUT2D eigenvalue weighted by molar-refractivity contribution is 0.411. The van der Waals surface area contributed by atoms with Crippen molar-refractivity contribution in [1.82, 2.24) is 4.98 Å². The van der Waals surface area contributed by atoms with Gasteiger partial charge < -0.3 is 14.8 Å². The summed E-state index contributed by atoms with van der Waals surface area (Å²) in [6.45, 7) is 0. The number of hydrogen-bond donors (Lipinski definition) is 2. The lowest BCUT2D eigenvalue weighted by Gasteiger charge is -2.13. The number of phenols is 1. The van der Waals surface area contributed by atoms with Crippen molar-refractivity contribution in [3.63, 3.8) is 0 Å². The fourth-order valence-electron chi connectivity index (χ4n) is 3.05. The Hall–Kier alpha value is -2.94. The monoisotopic (exact) mass is 289 g/mol. The summed E-state index contributed by atoms with van der Waals surface area (Å²) in [5, 5.41) is 13.2. The molecule has 1 heterocycles. The summed E-state index contributed by atoms with van der Waals surface area (Å²) in [4.78, 5) is 3.30. The quantitative estimate of drug-likeness (QED) is 0.561. The number of aromatic amines is 1. The summed E-state index contributed by atoms with van der Waals surface area (Å²) < 4.78 is 5.53. The van der Waals surface area contributed by atoms with E-state index in [2.05, 4.69) is 11.1 Å². The molecule has 3 heteroatoms. The predicted octanol–water partition coefficient (Wildman–Crippen LogP) is 4.70. The highest BCUT2D eigenvalue weighted by Crippen LogP contribution is 2.43. The van der Waals surface area contributed by atoms with Gasteiger partial charge in [-0.05, 0) is 11.5 Å². The molecule has 0 fully saturated rings. The van der Waals surface area contributed by atoms with Crippen molar-refractivity contribution in [1.29, 1.82) is 0 Å². The highest BCUT2D eigenvalue weighted by Gasteiger charge is 2.16. The number of benzene rings is 3. The second-order valence-electron chi connectivity index (χ2n) is 5.27. The van der Waals surface area contributed by atoms with Gasteiger partial charge in [-0.3, -0.25) is 0 Å². The lowest BCUT2D eigenvalue weighted by Crippen LogP contribution is -1.90. The molecular formula is C19H15NO2. The summed E-state index contributed by atoms with van der Waals surface area (Å²) in [5.41, 5.74) is 3.15. The van der Waals surface area contributed by atoms with Crippen molar-refractivity contribution in [2.75, 3.05) is 7.11 Å². The number of H-pyrrole nitrogens is 1. The molecule has 4 rings (SSSR count). The Kier molecular flexibility index (Phi) is 2.79. The third-order valence-corrected chi connectivity index (χ3v) is 4.07. The molecule has 0 saturated carbocycles. The van der Waals surface area contributed by atoms with Gasteiger partial charge in [0.2, 0.25) is 0 Å². The molecule has 2 N–H and O–H groups in total. The third kappa shape index (κ3) is 1.76. The van der Waals surface area contributed by atoms with Gasteiger partial charge in [0.25, 0.3) is 0 Å². The summed E-state index contributed by atoms with van der Waals surface area (Å²) in [7, 11) is 1.63. The van der Waals surface area contributed by atoms with Crippen LogP contribution in [-0.4, -0.2) is 17.2 Å². The predicted molar refractivity (Wildman–Crippen MR) is 89.5 cm³/mol. The van der Waals surface area contributed by atoms with E-state index in [-0.39, 0.29) is 5.75 Å². The van der Waals surface area contributed by atoms with Crippen LogP contribution in [0, 0.1) is 0 Å². The van der Waals surface area contributed by atoms with Gasteiger partial charge in [0, 0.05) is 39.7 Å². The number of rotatable bonds is 2. The number of methoxy groups -OCH3 is 1. The Bertz CT molecular complexity index is 985.